The van der Waals surface area contributed by atoms with Crippen molar-refractivity contribution >= 4 is 0 Å². The quantitative estimate of drug-likeness (QED) is 0.756. The monoisotopic (exact) mass is 175 g/mol. The third kappa shape index (κ3) is 2.85. The van der Waals surface area contributed by atoms with Crippen LogP contribution in [0.4, 0.5) is 0 Å². The van der Waals surface area contributed by atoms with Gasteiger partial charge in [-0.3, -0.25) is 10.3 Å². The number of nitrogens with zero attached hydrogens (tertiary/aromatic N) is 2. The van der Waals surface area contributed by atoms with Crippen LogP contribution in [0.25, 0.3) is 0 Å². The van der Waals surface area contributed by atoms with Crippen molar-refractivity contribution in [2.75, 3.05) is 6.54 Å². The minimum absolute atomic E-state index is 0.206. The van der Waals surface area contributed by atoms with Crippen molar-refractivity contribution < 1.29 is 0 Å². The van der Waals surface area contributed by atoms with Gasteiger partial charge in [-0.2, -0.15) is 5.26 Å². The Kier molecular flexibility index (Phi) is 3.94. The summed E-state index contributed by atoms with van der Waals surface area (Å²) in [4.78, 5) is 3.91. The lowest BCUT2D eigenvalue weighted by Gasteiger charge is -2.09. The highest BCUT2D eigenvalue weighted by Crippen LogP contribution is 2.09. The van der Waals surface area contributed by atoms with Gasteiger partial charge in [-0.05, 0) is 30.7 Å². The third-order valence-electron chi connectivity index (χ3n) is 1.77. The molecule has 0 aliphatic rings. The molecule has 3 heteroatoms. The van der Waals surface area contributed by atoms with Crippen molar-refractivity contribution in [2.24, 2.45) is 0 Å². The number of rotatable bonds is 4. The highest BCUT2D eigenvalue weighted by Gasteiger charge is 2.07. The molecule has 1 heterocycles. The Balaban J connectivity index is 2.63. The predicted molar refractivity (Wildman–Crippen MR) is 50.9 cm³/mol. The molecule has 0 saturated heterocycles. The van der Waals surface area contributed by atoms with E-state index in [1.807, 2.05) is 12.1 Å². The molecule has 0 fully saturated rings. The van der Waals surface area contributed by atoms with Crippen molar-refractivity contribution in [1.29, 1.82) is 5.26 Å². The molecule has 1 rings (SSSR count). The van der Waals surface area contributed by atoms with Crippen LogP contribution in [0.15, 0.2) is 24.5 Å². The Morgan fingerprint density at radius 1 is 1.54 bits per heavy atom. The van der Waals surface area contributed by atoms with Crippen LogP contribution in [0.5, 0.6) is 0 Å². The molecule has 0 spiro atoms. The smallest absolute Gasteiger partial charge is 0.121 e. The summed E-state index contributed by atoms with van der Waals surface area (Å²) in [6, 6.07) is 5.72. The van der Waals surface area contributed by atoms with E-state index in [4.69, 9.17) is 5.26 Å². The van der Waals surface area contributed by atoms with Gasteiger partial charge in [0.1, 0.15) is 6.04 Å². The second kappa shape index (κ2) is 5.28. The maximum Gasteiger partial charge on any atom is 0.121 e. The first-order chi connectivity index (χ1) is 6.38. The maximum atomic E-state index is 8.87. The van der Waals surface area contributed by atoms with Crippen molar-refractivity contribution in [3.05, 3.63) is 30.1 Å². The summed E-state index contributed by atoms with van der Waals surface area (Å²) in [5.74, 6) is 0. The molecule has 1 atom stereocenters. The van der Waals surface area contributed by atoms with Crippen LogP contribution in [0.2, 0.25) is 0 Å². The molecule has 0 aliphatic carbocycles. The maximum absolute atomic E-state index is 8.87. The van der Waals surface area contributed by atoms with Gasteiger partial charge in [0.2, 0.25) is 0 Å². The summed E-state index contributed by atoms with van der Waals surface area (Å²) in [7, 11) is 0. The lowest BCUT2D eigenvalue weighted by Crippen LogP contribution is -2.20. The molecule has 1 unspecified atom stereocenters. The second-order valence-electron chi connectivity index (χ2n) is 2.80. The second-order valence-corrected chi connectivity index (χ2v) is 2.80. The van der Waals surface area contributed by atoms with E-state index in [2.05, 4.69) is 23.3 Å². The standard InChI is InChI=1S/C10H13N3/c1-2-5-13-10(8-11)9-3-6-12-7-4-9/h3-4,6-7,10,13H,2,5H2,1H3. The zero-order valence-electron chi connectivity index (χ0n) is 7.70. The lowest BCUT2D eigenvalue weighted by molar-refractivity contribution is 0.620. The first-order valence-electron chi connectivity index (χ1n) is 4.41. The van der Waals surface area contributed by atoms with Crippen LogP contribution in [0, 0.1) is 11.3 Å². The molecule has 0 amide bonds. The molecular weight excluding hydrogens is 162 g/mol. The summed E-state index contributed by atoms with van der Waals surface area (Å²) in [5.41, 5.74) is 0.978. The Morgan fingerprint density at radius 2 is 2.23 bits per heavy atom. The van der Waals surface area contributed by atoms with Crippen molar-refractivity contribution in [1.82, 2.24) is 10.3 Å². The van der Waals surface area contributed by atoms with E-state index in [-0.39, 0.29) is 6.04 Å². The zero-order chi connectivity index (χ0) is 9.52. The van der Waals surface area contributed by atoms with Crippen LogP contribution < -0.4 is 5.32 Å². The number of hydrogen-bond donors (Lipinski definition) is 1. The number of hydrogen-bond acceptors (Lipinski definition) is 3. The summed E-state index contributed by atoms with van der Waals surface area (Å²) >= 11 is 0. The van der Waals surface area contributed by atoms with E-state index in [1.165, 1.54) is 0 Å². The minimum Gasteiger partial charge on any atom is -0.298 e. The summed E-state index contributed by atoms with van der Waals surface area (Å²) in [6.45, 7) is 2.94. The fourth-order valence-electron chi connectivity index (χ4n) is 1.08. The number of nitriles is 1. The molecule has 13 heavy (non-hydrogen) atoms. The van der Waals surface area contributed by atoms with E-state index in [0.29, 0.717) is 0 Å². The van der Waals surface area contributed by atoms with Gasteiger partial charge in [-0.1, -0.05) is 6.92 Å². The highest BCUT2D eigenvalue weighted by atomic mass is 14.9. The SMILES string of the molecule is CCCNC(C#N)c1ccncc1. The van der Waals surface area contributed by atoms with Crippen molar-refractivity contribution in [2.45, 2.75) is 19.4 Å². The molecule has 3 nitrogen and oxygen atoms in total. The molecule has 0 aromatic carbocycles. The van der Waals surface area contributed by atoms with Gasteiger partial charge in [0.25, 0.3) is 0 Å². The van der Waals surface area contributed by atoms with Crippen LogP contribution >= 0.6 is 0 Å². The minimum atomic E-state index is -0.206. The lowest BCUT2D eigenvalue weighted by atomic mass is 10.1. The van der Waals surface area contributed by atoms with E-state index >= 15 is 0 Å². The number of nitrogens with one attached hydrogen (secondary N) is 1. The Bertz CT molecular complexity index is 276. The molecular formula is C10H13N3. The first-order valence-corrected chi connectivity index (χ1v) is 4.41. The van der Waals surface area contributed by atoms with Crippen LogP contribution in [-0.2, 0) is 0 Å². The predicted octanol–water partition coefficient (Wildman–Crippen LogP) is 1.65. The van der Waals surface area contributed by atoms with Crippen molar-refractivity contribution in [3.63, 3.8) is 0 Å². The molecule has 1 N–H and O–H groups in total. The fourth-order valence-corrected chi connectivity index (χ4v) is 1.08. The van der Waals surface area contributed by atoms with E-state index in [9.17, 15) is 0 Å². The summed E-state index contributed by atoms with van der Waals surface area (Å²) < 4.78 is 0. The average molecular weight is 175 g/mol. The van der Waals surface area contributed by atoms with Gasteiger partial charge in [0.05, 0.1) is 6.07 Å². The fraction of sp³-hybridized carbons (Fsp3) is 0.400. The molecule has 0 bridgehead atoms. The normalized spacial score (nSPS) is 12.0. The van der Waals surface area contributed by atoms with Crippen LogP contribution in [0.3, 0.4) is 0 Å². The van der Waals surface area contributed by atoms with Gasteiger partial charge >= 0.3 is 0 Å². The number of aromatic nitrogens is 1. The third-order valence-corrected chi connectivity index (χ3v) is 1.77. The summed E-state index contributed by atoms with van der Waals surface area (Å²) in [5, 5.41) is 12.0. The molecule has 0 saturated carbocycles. The molecule has 1 aromatic heterocycles. The largest absolute Gasteiger partial charge is 0.298 e. The van der Waals surface area contributed by atoms with Crippen LogP contribution in [-0.4, -0.2) is 11.5 Å². The molecule has 0 aliphatic heterocycles. The summed E-state index contributed by atoms with van der Waals surface area (Å²) in [6.07, 6.45) is 4.43. The Morgan fingerprint density at radius 3 is 2.77 bits per heavy atom. The van der Waals surface area contributed by atoms with Crippen molar-refractivity contribution in [3.8, 4) is 6.07 Å². The van der Waals surface area contributed by atoms with Gasteiger partial charge in [-0.25, -0.2) is 0 Å². The molecule has 0 radical (unpaired) electrons. The Labute approximate surface area is 78.4 Å². The van der Waals surface area contributed by atoms with E-state index in [1.54, 1.807) is 12.4 Å². The number of pyridine rings is 1. The van der Waals surface area contributed by atoms with E-state index in [0.717, 1.165) is 18.5 Å². The van der Waals surface area contributed by atoms with E-state index < -0.39 is 0 Å². The van der Waals surface area contributed by atoms with Gasteiger partial charge in [-0.15, -0.1) is 0 Å². The topological polar surface area (TPSA) is 48.7 Å². The van der Waals surface area contributed by atoms with Gasteiger partial charge < -0.3 is 0 Å². The van der Waals surface area contributed by atoms with Gasteiger partial charge in [0.15, 0.2) is 0 Å². The highest BCUT2D eigenvalue weighted by molar-refractivity contribution is 5.20. The molecule has 68 valence electrons. The molecule has 1 aromatic rings. The average Bonchev–Trinajstić information content (AvgIpc) is 2.21. The van der Waals surface area contributed by atoms with Crippen LogP contribution in [0.1, 0.15) is 24.9 Å². The first kappa shape index (κ1) is 9.69. The van der Waals surface area contributed by atoms with Gasteiger partial charge in [0, 0.05) is 12.4 Å². The zero-order valence-corrected chi connectivity index (χ0v) is 7.70. The Hall–Kier alpha value is -1.40.